The van der Waals surface area contributed by atoms with Crippen molar-refractivity contribution in [3.8, 4) is 6.07 Å². The Labute approximate surface area is 188 Å². The molecule has 0 saturated heterocycles. The largest absolute Gasteiger partial charge is 0.353 e. The molecule has 146 valence electrons. The molecule has 0 bridgehead atoms. The lowest BCUT2D eigenvalue weighted by atomic mass is 9.81. The Morgan fingerprint density at radius 3 is 2.38 bits per heavy atom. The zero-order chi connectivity index (χ0) is 21.0. The number of benzene rings is 2. The maximum Gasteiger partial charge on any atom is 0.173 e. The first-order chi connectivity index (χ1) is 13.9. The molecule has 1 heterocycles. The summed E-state index contributed by atoms with van der Waals surface area (Å²) >= 11 is 3.50. The van der Waals surface area contributed by atoms with Gasteiger partial charge in [-0.3, -0.25) is 9.59 Å². The Morgan fingerprint density at radius 2 is 1.79 bits per heavy atom. The minimum Gasteiger partial charge on any atom is -0.353 e. The van der Waals surface area contributed by atoms with Crippen LogP contribution in [0.1, 0.15) is 35.7 Å². The van der Waals surface area contributed by atoms with Gasteiger partial charge in [0.25, 0.3) is 0 Å². The van der Waals surface area contributed by atoms with Gasteiger partial charge in [-0.25, -0.2) is 0 Å². The monoisotopic (exact) mass is 514 g/mol. The Hall–Kier alpha value is -2.37. The van der Waals surface area contributed by atoms with Crippen molar-refractivity contribution < 1.29 is 9.59 Å². The molecule has 0 amide bonds. The Morgan fingerprint density at radius 1 is 1.14 bits per heavy atom. The molecular formula is C23H19IN2O2S. The van der Waals surface area contributed by atoms with Crippen LogP contribution in [0.4, 0.5) is 0 Å². The summed E-state index contributed by atoms with van der Waals surface area (Å²) in [5, 5.41) is 13.7. The van der Waals surface area contributed by atoms with Crippen molar-refractivity contribution >= 4 is 45.9 Å². The molecule has 0 radical (unpaired) electrons. The van der Waals surface area contributed by atoms with E-state index < -0.39 is 5.92 Å². The Bertz CT molecular complexity index is 1050. The molecule has 6 heteroatoms. The summed E-state index contributed by atoms with van der Waals surface area (Å²) in [4.78, 5) is 24.9. The highest BCUT2D eigenvalue weighted by atomic mass is 127. The third kappa shape index (κ3) is 4.80. The van der Waals surface area contributed by atoms with Crippen LogP contribution in [-0.4, -0.2) is 17.3 Å². The number of halogens is 1. The number of hydrogen-bond donors (Lipinski definition) is 1. The zero-order valence-corrected chi connectivity index (χ0v) is 19.0. The van der Waals surface area contributed by atoms with Gasteiger partial charge in [0.15, 0.2) is 11.6 Å². The van der Waals surface area contributed by atoms with Gasteiger partial charge >= 0.3 is 0 Å². The van der Waals surface area contributed by atoms with Crippen LogP contribution in [0.2, 0.25) is 0 Å². The minimum atomic E-state index is -0.434. The summed E-state index contributed by atoms with van der Waals surface area (Å²) in [5.74, 6) is -0.307. The molecule has 1 N–H and O–H groups in total. The molecule has 0 unspecified atom stereocenters. The molecule has 0 fully saturated rings. The van der Waals surface area contributed by atoms with E-state index in [0.29, 0.717) is 21.7 Å². The van der Waals surface area contributed by atoms with Crippen molar-refractivity contribution in [2.24, 2.45) is 0 Å². The van der Waals surface area contributed by atoms with Crippen molar-refractivity contribution in [1.29, 1.82) is 5.26 Å². The van der Waals surface area contributed by atoms with Crippen molar-refractivity contribution in [3.63, 3.8) is 0 Å². The molecule has 0 aliphatic carbocycles. The maximum atomic E-state index is 12.6. The highest BCUT2D eigenvalue weighted by Crippen LogP contribution is 2.40. The van der Waals surface area contributed by atoms with Crippen LogP contribution in [0.3, 0.4) is 0 Å². The highest BCUT2D eigenvalue weighted by molar-refractivity contribution is 14.1. The van der Waals surface area contributed by atoms with Crippen molar-refractivity contribution in [1.82, 2.24) is 5.32 Å². The van der Waals surface area contributed by atoms with E-state index in [1.807, 2.05) is 61.5 Å². The number of nitriles is 1. The summed E-state index contributed by atoms with van der Waals surface area (Å²) in [6, 6.07) is 19.2. The molecule has 1 aliphatic heterocycles. The van der Waals surface area contributed by atoms with Gasteiger partial charge in [0.1, 0.15) is 0 Å². The fourth-order valence-electron chi connectivity index (χ4n) is 3.33. The van der Waals surface area contributed by atoms with Crippen LogP contribution in [0.25, 0.3) is 0 Å². The molecule has 2 aromatic carbocycles. The van der Waals surface area contributed by atoms with E-state index in [-0.39, 0.29) is 17.3 Å². The fourth-order valence-corrected chi connectivity index (χ4v) is 4.67. The highest BCUT2D eigenvalue weighted by Gasteiger charge is 2.33. The van der Waals surface area contributed by atoms with Crippen molar-refractivity contribution in [3.05, 3.63) is 91.2 Å². The van der Waals surface area contributed by atoms with Crippen LogP contribution in [-0.2, 0) is 4.79 Å². The molecule has 4 nitrogen and oxygen atoms in total. The predicted molar refractivity (Wildman–Crippen MR) is 124 cm³/mol. The topological polar surface area (TPSA) is 70.0 Å². The lowest BCUT2D eigenvalue weighted by molar-refractivity contribution is -0.113. The smallest absolute Gasteiger partial charge is 0.173 e. The van der Waals surface area contributed by atoms with Crippen LogP contribution >= 0.6 is 34.4 Å². The third-order valence-electron chi connectivity index (χ3n) is 4.67. The second-order valence-electron chi connectivity index (χ2n) is 6.64. The molecule has 29 heavy (non-hydrogen) atoms. The Balaban J connectivity index is 1.93. The average molecular weight is 514 g/mol. The quantitative estimate of drug-likeness (QED) is 0.425. The molecular weight excluding hydrogens is 495 g/mol. The number of rotatable bonds is 6. The van der Waals surface area contributed by atoms with E-state index in [9.17, 15) is 14.9 Å². The molecule has 0 aromatic heterocycles. The van der Waals surface area contributed by atoms with Crippen molar-refractivity contribution in [2.45, 2.75) is 19.8 Å². The number of Topliss-reactive ketones (excluding diaryl/α,β-unsaturated/α-hetero) is 2. The zero-order valence-electron chi connectivity index (χ0n) is 16.0. The summed E-state index contributed by atoms with van der Waals surface area (Å²) in [6.07, 6.45) is 0. The molecule has 0 spiro atoms. The lowest BCUT2D eigenvalue weighted by Gasteiger charge is -2.29. The van der Waals surface area contributed by atoms with Gasteiger partial charge in [0.05, 0.1) is 28.3 Å². The third-order valence-corrected chi connectivity index (χ3v) is 6.41. The van der Waals surface area contributed by atoms with Gasteiger partial charge in [-0.1, -0.05) is 54.2 Å². The minimum absolute atomic E-state index is 0.00625. The lowest BCUT2D eigenvalue weighted by Crippen LogP contribution is -2.27. The summed E-state index contributed by atoms with van der Waals surface area (Å²) in [7, 11) is 0. The molecule has 3 rings (SSSR count). The number of carbonyl (C=O) groups excluding carboxylic acids is 2. The van der Waals surface area contributed by atoms with Gasteiger partial charge in [0, 0.05) is 20.4 Å². The second kappa shape index (κ2) is 9.42. The average Bonchev–Trinajstić information content (AvgIpc) is 2.72. The maximum absolute atomic E-state index is 12.6. The van der Waals surface area contributed by atoms with Gasteiger partial charge in [0.2, 0.25) is 0 Å². The number of thioether (sulfide) groups is 1. The van der Waals surface area contributed by atoms with E-state index in [0.717, 1.165) is 14.8 Å². The van der Waals surface area contributed by atoms with Crippen LogP contribution < -0.4 is 5.32 Å². The summed E-state index contributed by atoms with van der Waals surface area (Å²) in [5.41, 5.74) is 3.30. The molecule has 2 aromatic rings. The number of dihydropyridines is 1. The van der Waals surface area contributed by atoms with Gasteiger partial charge in [-0.15, -0.1) is 0 Å². The first-order valence-electron chi connectivity index (χ1n) is 9.02. The molecule has 1 atom stereocenters. The number of hydrogen-bond acceptors (Lipinski definition) is 5. The van der Waals surface area contributed by atoms with Gasteiger partial charge < -0.3 is 5.32 Å². The number of carbonyl (C=O) groups is 2. The Kier molecular flexibility index (Phi) is 6.93. The predicted octanol–water partition coefficient (Wildman–Crippen LogP) is 5.19. The van der Waals surface area contributed by atoms with Crippen LogP contribution in [0.15, 0.2) is 76.5 Å². The van der Waals surface area contributed by atoms with E-state index in [1.54, 1.807) is 0 Å². The summed E-state index contributed by atoms with van der Waals surface area (Å²) < 4.78 is 1.07. The second-order valence-corrected chi connectivity index (χ2v) is 8.87. The van der Waals surface area contributed by atoms with Crippen molar-refractivity contribution in [2.75, 3.05) is 5.75 Å². The number of ketones is 2. The number of nitrogens with zero attached hydrogens (tertiary/aromatic N) is 1. The van der Waals surface area contributed by atoms with Gasteiger partial charge in [-0.2, -0.15) is 5.26 Å². The number of nitrogens with one attached hydrogen (secondary N) is 1. The van der Waals surface area contributed by atoms with E-state index >= 15 is 0 Å². The number of allylic oxidation sites excluding steroid dienone is 3. The van der Waals surface area contributed by atoms with E-state index in [2.05, 4.69) is 34.0 Å². The molecule has 1 aliphatic rings. The standard InChI is InChI=1S/C23H19IN2O2S/c1-14-21(15(2)27)22(17-6-4-3-5-7-17)19(12-25)23(26-14)29-13-20(28)16-8-10-18(24)11-9-16/h3-11,22,26H,13H2,1-2H3/t22-/m1/s1. The molecule has 0 saturated carbocycles. The first-order valence-corrected chi connectivity index (χ1v) is 11.1. The first kappa shape index (κ1) is 21.3. The van der Waals surface area contributed by atoms with Gasteiger partial charge in [-0.05, 0) is 54.1 Å². The van der Waals surface area contributed by atoms with E-state index in [1.165, 1.54) is 18.7 Å². The fraction of sp³-hybridized carbons (Fsp3) is 0.174. The van der Waals surface area contributed by atoms with E-state index in [4.69, 9.17) is 0 Å². The normalized spacial score (nSPS) is 16.3. The SMILES string of the molecule is CC(=O)C1=C(C)NC(SCC(=O)c2ccc(I)cc2)=C(C#N)[C@H]1c1ccccc1. The summed E-state index contributed by atoms with van der Waals surface area (Å²) in [6.45, 7) is 3.35. The van der Waals surface area contributed by atoms with Crippen LogP contribution in [0, 0.1) is 14.9 Å². The van der Waals surface area contributed by atoms with Crippen LogP contribution in [0.5, 0.6) is 0 Å².